The van der Waals surface area contributed by atoms with E-state index in [0.717, 1.165) is 11.0 Å². The lowest BCUT2D eigenvalue weighted by Gasteiger charge is -2.03. The van der Waals surface area contributed by atoms with Crippen molar-refractivity contribution in [2.45, 2.75) is 6.92 Å². The maximum absolute atomic E-state index is 4.39. The van der Waals surface area contributed by atoms with Gasteiger partial charge in [0, 0.05) is 12.4 Å². The highest BCUT2D eigenvalue weighted by atomic mass is 15.5. The topological polar surface area (TPSA) is 35.6 Å². The van der Waals surface area contributed by atoms with Gasteiger partial charge in [-0.25, -0.2) is 19.3 Å². The SMILES string of the molecule is Cc1cccc2c1ncn2-n1ccnc1. The Balaban J connectivity index is 2.34. The normalized spacial score (nSPS) is 11.0. The lowest BCUT2D eigenvalue weighted by atomic mass is 10.2. The third-order valence-corrected chi connectivity index (χ3v) is 2.50. The molecule has 0 fully saturated rings. The molecule has 0 radical (unpaired) electrons. The molecule has 0 saturated carbocycles. The summed E-state index contributed by atoms with van der Waals surface area (Å²) >= 11 is 0. The Bertz CT molecular complexity index is 592. The van der Waals surface area contributed by atoms with Crippen LogP contribution in [0.4, 0.5) is 0 Å². The molecule has 0 aliphatic carbocycles. The fraction of sp³-hybridized carbons (Fsp3) is 0.0909. The maximum Gasteiger partial charge on any atom is 0.116 e. The number of rotatable bonds is 1. The van der Waals surface area contributed by atoms with Gasteiger partial charge in [0.1, 0.15) is 12.7 Å². The van der Waals surface area contributed by atoms with E-state index < -0.39 is 0 Å². The number of imidazole rings is 2. The molecule has 3 rings (SSSR count). The van der Waals surface area contributed by atoms with E-state index in [2.05, 4.69) is 29.0 Å². The minimum absolute atomic E-state index is 1.03. The zero-order chi connectivity index (χ0) is 10.3. The molecule has 0 N–H and O–H groups in total. The van der Waals surface area contributed by atoms with Gasteiger partial charge in [-0.3, -0.25) is 0 Å². The summed E-state index contributed by atoms with van der Waals surface area (Å²) in [5, 5.41) is 0. The maximum atomic E-state index is 4.39. The Morgan fingerprint density at radius 2 is 2.13 bits per heavy atom. The lowest BCUT2D eigenvalue weighted by molar-refractivity contribution is 0.679. The Kier molecular flexibility index (Phi) is 1.62. The van der Waals surface area contributed by atoms with Gasteiger partial charge in [-0.1, -0.05) is 12.1 Å². The van der Waals surface area contributed by atoms with E-state index in [1.807, 2.05) is 21.6 Å². The van der Waals surface area contributed by atoms with E-state index in [1.165, 1.54) is 5.56 Å². The number of nitrogens with zero attached hydrogens (tertiary/aromatic N) is 4. The van der Waals surface area contributed by atoms with E-state index in [9.17, 15) is 0 Å². The van der Waals surface area contributed by atoms with Crippen molar-refractivity contribution in [2.24, 2.45) is 0 Å². The van der Waals surface area contributed by atoms with Crippen molar-refractivity contribution in [3.8, 4) is 0 Å². The second kappa shape index (κ2) is 2.95. The summed E-state index contributed by atoms with van der Waals surface area (Å²) in [6.45, 7) is 2.06. The fourth-order valence-corrected chi connectivity index (χ4v) is 1.73. The minimum atomic E-state index is 1.03. The quantitative estimate of drug-likeness (QED) is 0.598. The predicted octanol–water partition coefficient (Wildman–Crippen LogP) is 1.85. The van der Waals surface area contributed by atoms with E-state index in [4.69, 9.17) is 0 Å². The van der Waals surface area contributed by atoms with Crippen molar-refractivity contribution in [3.05, 3.63) is 48.8 Å². The second-order valence-electron chi connectivity index (χ2n) is 3.47. The Labute approximate surface area is 86.8 Å². The van der Waals surface area contributed by atoms with Gasteiger partial charge in [-0.2, -0.15) is 0 Å². The van der Waals surface area contributed by atoms with Crippen molar-refractivity contribution < 1.29 is 0 Å². The zero-order valence-corrected chi connectivity index (χ0v) is 8.33. The number of aryl methyl sites for hydroxylation is 1. The van der Waals surface area contributed by atoms with Gasteiger partial charge < -0.3 is 0 Å². The molecular formula is C11H10N4. The highest BCUT2D eigenvalue weighted by Crippen LogP contribution is 2.16. The van der Waals surface area contributed by atoms with Crippen LogP contribution >= 0.6 is 0 Å². The van der Waals surface area contributed by atoms with Crippen LogP contribution in [0.2, 0.25) is 0 Å². The van der Waals surface area contributed by atoms with Gasteiger partial charge in [-0.05, 0) is 18.6 Å². The smallest absolute Gasteiger partial charge is 0.116 e. The third kappa shape index (κ3) is 1.15. The first-order valence-corrected chi connectivity index (χ1v) is 4.77. The van der Waals surface area contributed by atoms with E-state index >= 15 is 0 Å². The molecular weight excluding hydrogens is 188 g/mol. The molecule has 0 aliphatic rings. The Hall–Kier alpha value is -2.10. The van der Waals surface area contributed by atoms with Crippen molar-refractivity contribution in [1.82, 2.24) is 19.3 Å². The van der Waals surface area contributed by atoms with Crippen LogP contribution < -0.4 is 0 Å². The van der Waals surface area contributed by atoms with Gasteiger partial charge in [-0.15, -0.1) is 0 Å². The number of aromatic nitrogens is 4. The molecule has 15 heavy (non-hydrogen) atoms. The monoisotopic (exact) mass is 198 g/mol. The van der Waals surface area contributed by atoms with Crippen LogP contribution in [-0.4, -0.2) is 19.3 Å². The first kappa shape index (κ1) is 8.23. The first-order chi connectivity index (χ1) is 7.36. The molecule has 0 unspecified atom stereocenters. The number of benzene rings is 1. The summed E-state index contributed by atoms with van der Waals surface area (Å²) in [5.41, 5.74) is 3.31. The van der Waals surface area contributed by atoms with Crippen molar-refractivity contribution in [2.75, 3.05) is 0 Å². The van der Waals surface area contributed by atoms with E-state index in [-0.39, 0.29) is 0 Å². The summed E-state index contributed by atoms with van der Waals surface area (Å²) in [4.78, 5) is 8.41. The van der Waals surface area contributed by atoms with E-state index in [0.29, 0.717) is 0 Å². The van der Waals surface area contributed by atoms with Gasteiger partial charge in [0.05, 0.1) is 11.0 Å². The van der Waals surface area contributed by atoms with Crippen LogP contribution in [0.25, 0.3) is 11.0 Å². The average Bonchev–Trinajstić information content (AvgIpc) is 2.85. The molecule has 74 valence electrons. The van der Waals surface area contributed by atoms with Crippen LogP contribution in [0, 0.1) is 6.92 Å². The summed E-state index contributed by atoms with van der Waals surface area (Å²) < 4.78 is 3.87. The first-order valence-electron chi connectivity index (χ1n) is 4.77. The molecule has 4 nitrogen and oxygen atoms in total. The number of para-hydroxylation sites is 1. The largest absolute Gasteiger partial charge is 0.243 e. The van der Waals surface area contributed by atoms with Gasteiger partial charge >= 0.3 is 0 Å². The predicted molar refractivity (Wildman–Crippen MR) is 57.5 cm³/mol. The standard InChI is InChI=1S/C11H10N4/c1-9-3-2-4-10-11(9)13-8-15(10)14-6-5-12-7-14/h2-8H,1H3. The molecule has 0 aliphatic heterocycles. The van der Waals surface area contributed by atoms with Crippen LogP contribution in [0.15, 0.2) is 43.2 Å². The van der Waals surface area contributed by atoms with Crippen LogP contribution in [-0.2, 0) is 0 Å². The molecule has 0 saturated heterocycles. The Morgan fingerprint density at radius 1 is 1.20 bits per heavy atom. The Morgan fingerprint density at radius 3 is 2.93 bits per heavy atom. The molecule has 0 spiro atoms. The fourth-order valence-electron chi connectivity index (χ4n) is 1.73. The van der Waals surface area contributed by atoms with Crippen molar-refractivity contribution >= 4 is 11.0 Å². The summed E-state index contributed by atoms with van der Waals surface area (Å²) in [5.74, 6) is 0. The summed E-state index contributed by atoms with van der Waals surface area (Å²) in [6.07, 6.45) is 7.20. The highest BCUT2D eigenvalue weighted by molar-refractivity contribution is 5.78. The number of hydrogen-bond donors (Lipinski definition) is 0. The molecule has 2 heterocycles. The minimum Gasteiger partial charge on any atom is -0.243 e. The van der Waals surface area contributed by atoms with Gasteiger partial charge in [0.25, 0.3) is 0 Å². The number of fused-ring (bicyclic) bond motifs is 1. The average molecular weight is 198 g/mol. The van der Waals surface area contributed by atoms with Crippen LogP contribution in [0.1, 0.15) is 5.56 Å². The molecule has 3 aromatic rings. The van der Waals surface area contributed by atoms with Crippen molar-refractivity contribution in [3.63, 3.8) is 0 Å². The molecule has 0 atom stereocenters. The third-order valence-electron chi connectivity index (χ3n) is 2.50. The molecule has 4 heteroatoms. The van der Waals surface area contributed by atoms with Crippen LogP contribution in [0.3, 0.4) is 0 Å². The highest BCUT2D eigenvalue weighted by Gasteiger charge is 2.04. The number of hydrogen-bond acceptors (Lipinski definition) is 2. The molecule has 2 aromatic heterocycles. The molecule has 0 bridgehead atoms. The van der Waals surface area contributed by atoms with Gasteiger partial charge in [0.15, 0.2) is 0 Å². The second-order valence-corrected chi connectivity index (χ2v) is 3.47. The van der Waals surface area contributed by atoms with E-state index in [1.54, 1.807) is 18.9 Å². The van der Waals surface area contributed by atoms with Crippen molar-refractivity contribution in [1.29, 1.82) is 0 Å². The van der Waals surface area contributed by atoms with Gasteiger partial charge in [0.2, 0.25) is 0 Å². The van der Waals surface area contributed by atoms with Crippen LogP contribution in [0.5, 0.6) is 0 Å². The zero-order valence-electron chi connectivity index (χ0n) is 8.33. The molecule has 1 aromatic carbocycles. The lowest BCUT2D eigenvalue weighted by Crippen LogP contribution is -2.04. The summed E-state index contributed by atoms with van der Waals surface area (Å²) in [7, 11) is 0. The molecule has 0 amide bonds. The summed E-state index contributed by atoms with van der Waals surface area (Å²) in [6, 6.07) is 6.15.